The van der Waals surface area contributed by atoms with E-state index >= 15 is 0 Å². The molecule has 0 saturated carbocycles. The van der Waals surface area contributed by atoms with Crippen LogP contribution in [0, 0.1) is 0 Å². The topological polar surface area (TPSA) is 25.8 Å². The lowest BCUT2D eigenvalue weighted by Gasteiger charge is -2.14. The van der Waals surface area contributed by atoms with E-state index in [1.807, 2.05) is 12.1 Å². The molecule has 0 aliphatic heterocycles. The number of hydrogen-bond donors (Lipinski definition) is 0. The third kappa shape index (κ3) is 1.52. The molecule has 1 unspecified atom stereocenters. The summed E-state index contributed by atoms with van der Waals surface area (Å²) in [5.74, 6) is 0.507. The first-order chi connectivity index (χ1) is 5.97. The van der Waals surface area contributed by atoms with Crippen LogP contribution in [0.25, 0.3) is 0 Å². The van der Waals surface area contributed by atoms with Gasteiger partial charge in [-0.05, 0) is 31.4 Å². The Bertz CT molecular complexity index is 266. The van der Waals surface area contributed by atoms with E-state index in [9.17, 15) is 0 Å². The maximum Gasteiger partial charge on any atom is 0.0699 e. The number of nitrogens with zero attached hydrogens (tertiary/aromatic N) is 2. The second kappa shape index (κ2) is 3.48. The van der Waals surface area contributed by atoms with E-state index < -0.39 is 0 Å². The van der Waals surface area contributed by atoms with Crippen LogP contribution in [0.1, 0.15) is 30.9 Å². The van der Waals surface area contributed by atoms with Crippen molar-refractivity contribution < 1.29 is 0 Å². The van der Waals surface area contributed by atoms with Gasteiger partial charge in [0.15, 0.2) is 0 Å². The Balaban J connectivity index is 2.19. The molecule has 0 fully saturated rings. The number of allylic oxidation sites excluding steroid dienone is 2. The molecule has 0 spiro atoms. The fourth-order valence-electron chi connectivity index (χ4n) is 1.57. The number of aromatic nitrogens is 2. The molecular formula is C10H12N2. The molecule has 1 atom stereocenters. The molecule has 0 radical (unpaired) electrons. The lowest BCUT2D eigenvalue weighted by Crippen LogP contribution is -2.02. The molecule has 12 heavy (non-hydrogen) atoms. The fraction of sp³-hybridized carbons (Fsp3) is 0.400. The molecule has 1 aliphatic carbocycles. The Labute approximate surface area is 72.3 Å². The van der Waals surface area contributed by atoms with Crippen molar-refractivity contribution in [3.8, 4) is 0 Å². The monoisotopic (exact) mass is 160 g/mol. The molecule has 0 aromatic carbocycles. The van der Waals surface area contributed by atoms with Crippen molar-refractivity contribution in [1.29, 1.82) is 0 Å². The highest BCUT2D eigenvalue weighted by Gasteiger charge is 2.11. The summed E-state index contributed by atoms with van der Waals surface area (Å²) in [7, 11) is 0. The highest BCUT2D eigenvalue weighted by molar-refractivity contribution is 5.15. The van der Waals surface area contributed by atoms with Gasteiger partial charge in [-0.2, -0.15) is 10.2 Å². The largest absolute Gasteiger partial charge is 0.159 e. The Morgan fingerprint density at radius 3 is 3.08 bits per heavy atom. The second-order valence-corrected chi connectivity index (χ2v) is 3.11. The van der Waals surface area contributed by atoms with Crippen molar-refractivity contribution in [3.63, 3.8) is 0 Å². The molecule has 0 N–H and O–H groups in total. The van der Waals surface area contributed by atoms with Crippen molar-refractivity contribution in [1.82, 2.24) is 10.2 Å². The van der Waals surface area contributed by atoms with E-state index in [2.05, 4.69) is 22.3 Å². The number of hydrogen-bond acceptors (Lipinski definition) is 2. The Kier molecular flexibility index (Phi) is 2.16. The second-order valence-electron chi connectivity index (χ2n) is 3.11. The van der Waals surface area contributed by atoms with Gasteiger partial charge >= 0.3 is 0 Å². The molecule has 1 aliphatic rings. The number of rotatable bonds is 1. The van der Waals surface area contributed by atoms with Crippen LogP contribution >= 0.6 is 0 Å². The van der Waals surface area contributed by atoms with Gasteiger partial charge in [-0.15, -0.1) is 0 Å². The summed E-state index contributed by atoms with van der Waals surface area (Å²) < 4.78 is 0. The van der Waals surface area contributed by atoms with Crippen molar-refractivity contribution >= 4 is 0 Å². The summed E-state index contributed by atoms with van der Waals surface area (Å²) >= 11 is 0. The predicted octanol–water partition coefficient (Wildman–Crippen LogP) is 2.30. The van der Waals surface area contributed by atoms with Crippen LogP contribution < -0.4 is 0 Å². The van der Waals surface area contributed by atoms with Crippen LogP contribution in [0.15, 0.2) is 30.5 Å². The van der Waals surface area contributed by atoms with Gasteiger partial charge in [0, 0.05) is 12.1 Å². The smallest absolute Gasteiger partial charge is 0.0699 e. The molecule has 1 aromatic rings. The zero-order chi connectivity index (χ0) is 8.23. The van der Waals surface area contributed by atoms with E-state index in [0.717, 1.165) is 5.69 Å². The third-order valence-corrected chi connectivity index (χ3v) is 2.23. The normalized spacial score (nSPS) is 22.5. The highest BCUT2D eigenvalue weighted by Crippen LogP contribution is 2.25. The van der Waals surface area contributed by atoms with E-state index in [1.165, 1.54) is 19.3 Å². The molecule has 2 heteroatoms. The summed E-state index contributed by atoms with van der Waals surface area (Å²) in [5, 5.41) is 7.98. The van der Waals surface area contributed by atoms with E-state index in [-0.39, 0.29) is 0 Å². The minimum absolute atomic E-state index is 0.507. The van der Waals surface area contributed by atoms with Gasteiger partial charge < -0.3 is 0 Å². The zero-order valence-electron chi connectivity index (χ0n) is 6.98. The summed E-state index contributed by atoms with van der Waals surface area (Å²) in [6, 6.07) is 4.00. The minimum atomic E-state index is 0.507. The SMILES string of the molecule is C1=CC(c2cccnn2)CCC1. The molecule has 0 saturated heterocycles. The van der Waals surface area contributed by atoms with Gasteiger partial charge in [0.2, 0.25) is 0 Å². The highest BCUT2D eigenvalue weighted by atomic mass is 15.1. The first-order valence-electron chi connectivity index (χ1n) is 4.41. The molecule has 2 rings (SSSR count). The van der Waals surface area contributed by atoms with E-state index in [1.54, 1.807) is 6.20 Å². The Morgan fingerprint density at radius 1 is 1.42 bits per heavy atom. The van der Waals surface area contributed by atoms with Crippen molar-refractivity contribution in [2.45, 2.75) is 25.2 Å². The van der Waals surface area contributed by atoms with Crippen LogP contribution in [0.3, 0.4) is 0 Å². The van der Waals surface area contributed by atoms with E-state index in [0.29, 0.717) is 5.92 Å². The first kappa shape index (κ1) is 7.47. The third-order valence-electron chi connectivity index (χ3n) is 2.23. The average Bonchev–Trinajstić information content (AvgIpc) is 2.21. The summed E-state index contributed by atoms with van der Waals surface area (Å²) in [6.45, 7) is 0. The fourth-order valence-corrected chi connectivity index (χ4v) is 1.57. The molecule has 62 valence electrons. The van der Waals surface area contributed by atoms with Gasteiger partial charge in [0.25, 0.3) is 0 Å². The molecule has 1 aromatic heterocycles. The zero-order valence-corrected chi connectivity index (χ0v) is 6.98. The maximum atomic E-state index is 4.10. The van der Waals surface area contributed by atoms with Crippen LogP contribution in [-0.4, -0.2) is 10.2 Å². The van der Waals surface area contributed by atoms with Crippen LogP contribution in [0.5, 0.6) is 0 Å². The van der Waals surface area contributed by atoms with Gasteiger partial charge in [-0.3, -0.25) is 0 Å². The van der Waals surface area contributed by atoms with E-state index in [4.69, 9.17) is 0 Å². The van der Waals surface area contributed by atoms with Gasteiger partial charge in [-0.1, -0.05) is 12.2 Å². The summed E-state index contributed by atoms with van der Waals surface area (Å²) in [6.07, 6.45) is 9.91. The maximum absolute atomic E-state index is 4.10. The molecule has 2 nitrogen and oxygen atoms in total. The molecular weight excluding hydrogens is 148 g/mol. The van der Waals surface area contributed by atoms with Gasteiger partial charge in [0.1, 0.15) is 0 Å². The average molecular weight is 160 g/mol. The lowest BCUT2D eigenvalue weighted by molar-refractivity contribution is 0.633. The first-order valence-corrected chi connectivity index (χ1v) is 4.41. The van der Waals surface area contributed by atoms with Crippen molar-refractivity contribution in [2.24, 2.45) is 0 Å². The van der Waals surface area contributed by atoms with Gasteiger partial charge in [-0.25, -0.2) is 0 Å². The molecule has 0 amide bonds. The molecule has 1 heterocycles. The lowest BCUT2D eigenvalue weighted by atomic mass is 9.93. The predicted molar refractivity (Wildman–Crippen MR) is 47.8 cm³/mol. The van der Waals surface area contributed by atoms with Gasteiger partial charge in [0.05, 0.1) is 5.69 Å². The van der Waals surface area contributed by atoms with Crippen molar-refractivity contribution in [2.75, 3.05) is 0 Å². The summed E-state index contributed by atoms with van der Waals surface area (Å²) in [4.78, 5) is 0. The Morgan fingerprint density at radius 2 is 2.42 bits per heavy atom. The van der Waals surface area contributed by atoms with Crippen LogP contribution in [0.4, 0.5) is 0 Å². The van der Waals surface area contributed by atoms with Crippen LogP contribution in [0.2, 0.25) is 0 Å². The Hall–Kier alpha value is -1.18. The standard InChI is InChI=1S/C10H12N2/c1-2-5-9(6-3-1)10-7-4-8-11-12-10/h2,4-5,7-9H,1,3,6H2. The van der Waals surface area contributed by atoms with Crippen molar-refractivity contribution in [3.05, 3.63) is 36.2 Å². The van der Waals surface area contributed by atoms with Crippen LogP contribution in [-0.2, 0) is 0 Å². The minimum Gasteiger partial charge on any atom is -0.159 e. The molecule has 0 bridgehead atoms. The quantitative estimate of drug-likeness (QED) is 0.589. The summed E-state index contributed by atoms with van der Waals surface area (Å²) in [5.41, 5.74) is 1.11.